The summed E-state index contributed by atoms with van der Waals surface area (Å²) in [7, 11) is 0. The van der Waals surface area contributed by atoms with Crippen molar-refractivity contribution in [2.24, 2.45) is 5.73 Å². The summed E-state index contributed by atoms with van der Waals surface area (Å²) >= 11 is 0. The molecule has 1 rings (SSSR count). The van der Waals surface area contributed by atoms with Gasteiger partial charge in [-0.15, -0.1) is 0 Å². The Labute approximate surface area is 145 Å². The Hall–Kier alpha value is -2.95. The summed E-state index contributed by atoms with van der Waals surface area (Å²) in [6, 6.07) is 5.70. The maximum absolute atomic E-state index is 13.3. The zero-order valence-electron chi connectivity index (χ0n) is 13.9. The molecule has 0 aliphatic heterocycles. The van der Waals surface area contributed by atoms with E-state index in [-0.39, 0.29) is 19.3 Å². The maximum atomic E-state index is 13.3. The van der Waals surface area contributed by atoms with Gasteiger partial charge in [-0.1, -0.05) is 12.1 Å². The predicted molar refractivity (Wildman–Crippen MR) is 88.3 cm³/mol. The first-order valence-corrected chi connectivity index (χ1v) is 7.81. The summed E-state index contributed by atoms with van der Waals surface area (Å²) in [5, 5.41) is 13.5. The normalized spacial score (nSPS) is 12.5. The van der Waals surface area contributed by atoms with Gasteiger partial charge < -0.3 is 16.4 Å². The Bertz CT molecular complexity index is 672. The van der Waals surface area contributed by atoms with Crippen LogP contribution < -0.4 is 16.4 Å². The van der Waals surface area contributed by atoms with Crippen LogP contribution in [0.2, 0.25) is 0 Å². The van der Waals surface area contributed by atoms with Crippen molar-refractivity contribution in [3.05, 3.63) is 35.6 Å². The third-order valence-electron chi connectivity index (χ3n) is 3.46. The predicted octanol–water partition coefficient (Wildman–Crippen LogP) is 0.537. The van der Waals surface area contributed by atoms with Gasteiger partial charge in [0.1, 0.15) is 17.9 Å². The molecule has 0 aliphatic carbocycles. The largest absolute Gasteiger partial charge is 0.368 e. The van der Waals surface area contributed by atoms with Crippen molar-refractivity contribution in [3.63, 3.8) is 0 Å². The van der Waals surface area contributed by atoms with E-state index in [1.807, 2.05) is 6.07 Å². The molecule has 1 aromatic rings. The second kappa shape index (κ2) is 10.0. The number of amides is 3. The van der Waals surface area contributed by atoms with Crippen molar-refractivity contribution in [1.82, 2.24) is 10.6 Å². The molecule has 0 aromatic heterocycles. The summed E-state index contributed by atoms with van der Waals surface area (Å²) in [6.45, 7) is 1.25. The van der Waals surface area contributed by atoms with Gasteiger partial charge in [-0.2, -0.15) is 5.26 Å². The Balaban J connectivity index is 2.82. The molecule has 0 fully saturated rings. The van der Waals surface area contributed by atoms with Gasteiger partial charge in [0.2, 0.25) is 17.7 Å². The summed E-state index contributed by atoms with van der Waals surface area (Å²) in [6.07, 6.45) is 0.922. The van der Waals surface area contributed by atoms with E-state index in [2.05, 4.69) is 10.6 Å². The van der Waals surface area contributed by atoms with Crippen LogP contribution >= 0.6 is 0 Å². The van der Waals surface area contributed by atoms with Crippen molar-refractivity contribution in [2.75, 3.05) is 0 Å². The fraction of sp³-hybridized carbons (Fsp3) is 0.412. The highest BCUT2D eigenvalue weighted by atomic mass is 19.1. The first kappa shape index (κ1) is 20.1. The third kappa shape index (κ3) is 7.44. The molecule has 0 unspecified atom stereocenters. The number of halogens is 1. The molecule has 8 heteroatoms. The monoisotopic (exact) mass is 348 g/mol. The van der Waals surface area contributed by atoms with Gasteiger partial charge in [0.25, 0.3) is 0 Å². The fourth-order valence-corrected chi connectivity index (χ4v) is 2.30. The molecule has 134 valence electrons. The van der Waals surface area contributed by atoms with Crippen LogP contribution in [0.4, 0.5) is 4.39 Å². The Morgan fingerprint density at radius 3 is 2.56 bits per heavy atom. The average molecular weight is 348 g/mol. The number of carbonyl (C=O) groups excluding carboxylic acids is 3. The minimum absolute atomic E-state index is 0.0624. The highest BCUT2D eigenvalue weighted by molar-refractivity contribution is 5.91. The van der Waals surface area contributed by atoms with Crippen LogP contribution in [0.1, 0.15) is 31.7 Å². The van der Waals surface area contributed by atoms with Gasteiger partial charge >= 0.3 is 0 Å². The molecular formula is C17H21FN4O3. The van der Waals surface area contributed by atoms with Crippen molar-refractivity contribution < 1.29 is 18.8 Å². The van der Waals surface area contributed by atoms with Crippen LogP contribution in [0.15, 0.2) is 24.3 Å². The van der Waals surface area contributed by atoms with Gasteiger partial charge in [-0.05, 0) is 30.5 Å². The van der Waals surface area contributed by atoms with Crippen LogP contribution in [0.3, 0.4) is 0 Å². The molecule has 0 aliphatic rings. The minimum Gasteiger partial charge on any atom is -0.368 e. The zero-order valence-corrected chi connectivity index (χ0v) is 13.9. The number of nitriles is 1. The Morgan fingerprint density at radius 1 is 1.28 bits per heavy atom. The topological polar surface area (TPSA) is 125 Å². The molecule has 0 saturated carbocycles. The van der Waals surface area contributed by atoms with Crippen molar-refractivity contribution in [1.29, 1.82) is 5.26 Å². The zero-order chi connectivity index (χ0) is 18.8. The number of nitrogens with one attached hydrogen (secondary N) is 2. The SMILES string of the molecule is CC(=O)N[C@H](Cc1cccc(F)c1)C(=O)N[C@H](CCCC#N)C(N)=O. The van der Waals surface area contributed by atoms with Crippen LogP contribution in [0, 0.1) is 17.1 Å². The van der Waals surface area contributed by atoms with Gasteiger partial charge in [0, 0.05) is 19.8 Å². The highest BCUT2D eigenvalue weighted by Crippen LogP contribution is 2.08. The molecule has 0 saturated heterocycles. The van der Waals surface area contributed by atoms with Gasteiger partial charge in [0.15, 0.2) is 0 Å². The molecule has 0 spiro atoms. The molecule has 1 aromatic carbocycles. The van der Waals surface area contributed by atoms with E-state index in [9.17, 15) is 18.8 Å². The first-order valence-electron chi connectivity index (χ1n) is 7.81. The molecule has 25 heavy (non-hydrogen) atoms. The van der Waals surface area contributed by atoms with Crippen molar-refractivity contribution in [3.8, 4) is 6.07 Å². The first-order chi connectivity index (χ1) is 11.8. The Kier molecular flexibility index (Phi) is 8.06. The number of benzene rings is 1. The molecule has 0 radical (unpaired) electrons. The lowest BCUT2D eigenvalue weighted by atomic mass is 10.0. The lowest BCUT2D eigenvalue weighted by molar-refractivity contribution is -0.130. The molecule has 3 amide bonds. The van der Waals surface area contributed by atoms with E-state index in [0.29, 0.717) is 12.0 Å². The number of primary amides is 1. The van der Waals surface area contributed by atoms with Crippen LogP contribution in [0.25, 0.3) is 0 Å². The summed E-state index contributed by atoms with van der Waals surface area (Å²) in [4.78, 5) is 35.2. The molecule has 4 N–H and O–H groups in total. The van der Waals surface area contributed by atoms with E-state index in [0.717, 1.165) is 0 Å². The molecule has 0 bridgehead atoms. The van der Waals surface area contributed by atoms with Crippen molar-refractivity contribution in [2.45, 2.75) is 44.7 Å². The van der Waals surface area contributed by atoms with Crippen LogP contribution in [0.5, 0.6) is 0 Å². The third-order valence-corrected chi connectivity index (χ3v) is 3.46. The van der Waals surface area contributed by atoms with Gasteiger partial charge in [-0.3, -0.25) is 14.4 Å². The average Bonchev–Trinajstić information content (AvgIpc) is 2.52. The number of nitrogens with zero attached hydrogens (tertiary/aromatic N) is 1. The van der Waals surface area contributed by atoms with E-state index in [1.165, 1.54) is 25.1 Å². The molecule has 7 nitrogen and oxygen atoms in total. The number of rotatable bonds is 9. The summed E-state index contributed by atoms with van der Waals surface area (Å²) in [5.41, 5.74) is 5.79. The number of unbranched alkanes of at least 4 members (excludes halogenated alkanes) is 1. The van der Waals surface area contributed by atoms with Gasteiger partial charge in [-0.25, -0.2) is 4.39 Å². The van der Waals surface area contributed by atoms with Crippen LogP contribution in [-0.2, 0) is 20.8 Å². The van der Waals surface area contributed by atoms with Crippen LogP contribution in [-0.4, -0.2) is 29.8 Å². The van der Waals surface area contributed by atoms with E-state index in [4.69, 9.17) is 11.0 Å². The second-order valence-electron chi connectivity index (χ2n) is 5.60. The highest BCUT2D eigenvalue weighted by Gasteiger charge is 2.25. The van der Waals surface area contributed by atoms with E-state index < -0.39 is 35.6 Å². The minimum atomic E-state index is -0.975. The quantitative estimate of drug-likeness (QED) is 0.563. The second-order valence-corrected chi connectivity index (χ2v) is 5.60. The Morgan fingerprint density at radius 2 is 2.00 bits per heavy atom. The van der Waals surface area contributed by atoms with Gasteiger partial charge in [0.05, 0.1) is 6.07 Å². The van der Waals surface area contributed by atoms with Crippen molar-refractivity contribution >= 4 is 17.7 Å². The fourth-order valence-electron chi connectivity index (χ4n) is 2.30. The lowest BCUT2D eigenvalue weighted by Gasteiger charge is -2.21. The number of hydrogen-bond acceptors (Lipinski definition) is 4. The van der Waals surface area contributed by atoms with E-state index >= 15 is 0 Å². The number of carbonyl (C=O) groups is 3. The smallest absolute Gasteiger partial charge is 0.243 e. The summed E-state index contributed by atoms with van der Waals surface area (Å²) < 4.78 is 13.3. The maximum Gasteiger partial charge on any atom is 0.243 e. The van der Waals surface area contributed by atoms with E-state index in [1.54, 1.807) is 6.07 Å². The molecular weight excluding hydrogens is 327 g/mol. The summed E-state index contributed by atoms with van der Waals surface area (Å²) in [5.74, 6) is -2.21. The number of hydrogen-bond donors (Lipinski definition) is 3. The lowest BCUT2D eigenvalue weighted by Crippen LogP contribution is -2.53. The molecule has 2 atom stereocenters. The number of nitrogens with two attached hydrogens (primary N) is 1. The standard InChI is InChI=1S/C17H21FN4O3/c1-11(23)21-15(10-12-5-4-6-13(18)9-12)17(25)22-14(16(20)24)7-2-3-8-19/h4-6,9,14-15H,2-3,7,10H2,1H3,(H2,20,24)(H,21,23)(H,22,25)/t14-,15-/m1/s1. The molecule has 0 heterocycles.